The van der Waals surface area contributed by atoms with E-state index in [0.29, 0.717) is 40.7 Å². The van der Waals surface area contributed by atoms with Crippen molar-refractivity contribution in [2.24, 2.45) is 0 Å². The molecule has 1 heterocycles. The van der Waals surface area contributed by atoms with Crippen LogP contribution in [-0.2, 0) is 12.8 Å². The number of aryl methyl sites for hydroxylation is 2. The second-order valence-corrected chi connectivity index (χ2v) is 7.38. The standard InChI is InChI=1S/C23H27N3O3S/c1-5-15-8-6-7-14(2)20(15)26-23(30)24-12-11-16-13-17-18(28-3)9-10-19(29-4)21(17)25-22(16)27/h6-10,13H,5,11-12H2,1-4H3,(H,25,27)(H2,24,26,30). The van der Waals surface area contributed by atoms with Crippen LogP contribution in [0.5, 0.6) is 11.5 Å². The fourth-order valence-corrected chi connectivity index (χ4v) is 3.69. The van der Waals surface area contributed by atoms with E-state index in [0.717, 1.165) is 23.1 Å². The van der Waals surface area contributed by atoms with Crippen LogP contribution in [0, 0.1) is 6.92 Å². The van der Waals surface area contributed by atoms with Crippen LogP contribution in [0.15, 0.2) is 41.2 Å². The summed E-state index contributed by atoms with van der Waals surface area (Å²) in [5.74, 6) is 1.28. The molecule has 0 bridgehead atoms. The first kappa shape index (κ1) is 21.6. The molecule has 3 N–H and O–H groups in total. The highest BCUT2D eigenvalue weighted by Crippen LogP contribution is 2.31. The summed E-state index contributed by atoms with van der Waals surface area (Å²) < 4.78 is 10.8. The van der Waals surface area contributed by atoms with Gasteiger partial charge in [-0.25, -0.2) is 0 Å². The Kier molecular flexibility index (Phi) is 6.95. The number of hydrogen-bond donors (Lipinski definition) is 3. The van der Waals surface area contributed by atoms with Gasteiger partial charge in [-0.15, -0.1) is 0 Å². The van der Waals surface area contributed by atoms with Crippen molar-refractivity contribution < 1.29 is 9.47 Å². The Labute approximate surface area is 181 Å². The number of rotatable bonds is 7. The van der Waals surface area contributed by atoms with E-state index >= 15 is 0 Å². The molecule has 0 aliphatic carbocycles. The van der Waals surface area contributed by atoms with Gasteiger partial charge < -0.3 is 25.1 Å². The molecule has 7 heteroatoms. The Morgan fingerprint density at radius 2 is 1.83 bits per heavy atom. The van der Waals surface area contributed by atoms with E-state index in [1.165, 1.54) is 5.56 Å². The van der Waals surface area contributed by atoms with Crippen LogP contribution in [0.2, 0.25) is 0 Å². The second kappa shape index (κ2) is 9.63. The molecular weight excluding hydrogens is 398 g/mol. The largest absolute Gasteiger partial charge is 0.496 e. The predicted octanol–water partition coefficient (Wildman–Crippen LogP) is 3.95. The van der Waals surface area contributed by atoms with Crippen molar-refractivity contribution >= 4 is 33.9 Å². The highest BCUT2D eigenvalue weighted by Gasteiger charge is 2.12. The van der Waals surface area contributed by atoms with Gasteiger partial charge in [-0.3, -0.25) is 4.79 Å². The molecule has 158 valence electrons. The maximum Gasteiger partial charge on any atom is 0.251 e. The number of pyridine rings is 1. The van der Waals surface area contributed by atoms with E-state index in [-0.39, 0.29) is 5.56 Å². The minimum atomic E-state index is -0.151. The van der Waals surface area contributed by atoms with Crippen LogP contribution in [0.4, 0.5) is 5.69 Å². The highest BCUT2D eigenvalue weighted by molar-refractivity contribution is 7.80. The molecule has 2 aromatic carbocycles. The van der Waals surface area contributed by atoms with Gasteiger partial charge in [0, 0.05) is 23.2 Å². The van der Waals surface area contributed by atoms with Gasteiger partial charge in [-0.1, -0.05) is 25.1 Å². The zero-order valence-electron chi connectivity index (χ0n) is 17.7. The summed E-state index contributed by atoms with van der Waals surface area (Å²) in [6.07, 6.45) is 1.44. The van der Waals surface area contributed by atoms with E-state index in [2.05, 4.69) is 41.6 Å². The van der Waals surface area contributed by atoms with Gasteiger partial charge >= 0.3 is 0 Å². The van der Waals surface area contributed by atoms with Crippen molar-refractivity contribution in [3.63, 3.8) is 0 Å². The van der Waals surface area contributed by atoms with Crippen LogP contribution in [0.25, 0.3) is 10.9 Å². The summed E-state index contributed by atoms with van der Waals surface area (Å²) in [4.78, 5) is 15.5. The summed E-state index contributed by atoms with van der Waals surface area (Å²) in [6.45, 7) is 4.70. The number of aromatic amines is 1. The molecule has 30 heavy (non-hydrogen) atoms. The molecule has 0 atom stereocenters. The lowest BCUT2D eigenvalue weighted by Gasteiger charge is -2.16. The molecule has 0 aliphatic heterocycles. The van der Waals surface area contributed by atoms with E-state index in [9.17, 15) is 4.79 Å². The van der Waals surface area contributed by atoms with Crippen LogP contribution >= 0.6 is 12.2 Å². The first-order chi connectivity index (χ1) is 14.5. The SMILES string of the molecule is CCc1cccc(C)c1NC(=S)NCCc1cc2c(OC)ccc(OC)c2[nH]c1=O. The summed E-state index contributed by atoms with van der Waals surface area (Å²) >= 11 is 5.46. The maximum atomic E-state index is 12.6. The van der Waals surface area contributed by atoms with Gasteiger partial charge in [0.15, 0.2) is 5.11 Å². The third-order valence-electron chi connectivity index (χ3n) is 5.11. The van der Waals surface area contributed by atoms with Gasteiger partial charge in [0.1, 0.15) is 11.5 Å². The minimum Gasteiger partial charge on any atom is -0.496 e. The molecule has 0 aliphatic rings. The van der Waals surface area contributed by atoms with E-state index in [1.807, 2.05) is 18.2 Å². The Balaban J connectivity index is 1.73. The number of hydrogen-bond acceptors (Lipinski definition) is 4. The molecule has 0 unspecified atom stereocenters. The molecular formula is C23H27N3O3S. The molecule has 0 fully saturated rings. The van der Waals surface area contributed by atoms with Crippen molar-refractivity contribution in [2.75, 3.05) is 26.1 Å². The molecule has 3 aromatic rings. The van der Waals surface area contributed by atoms with Crippen molar-refractivity contribution in [3.05, 3.63) is 63.4 Å². The number of nitrogens with one attached hydrogen (secondary N) is 3. The van der Waals surface area contributed by atoms with E-state index < -0.39 is 0 Å². The summed E-state index contributed by atoms with van der Waals surface area (Å²) in [7, 11) is 3.18. The molecule has 0 amide bonds. The van der Waals surface area contributed by atoms with Gasteiger partial charge in [0.25, 0.3) is 5.56 Å². The Bertz CT molecular complexity index is 1120. The molecule has 0 saturated heterocycles. The average molecular weight is 426 g/mol. The number of anilines is 1. The predicted molar refractivity (Wildman–Crippen MR) is 126 cm³/mol. The Morgan fingerprint density at radius 1 is 1.10 bits per heavy atom. The number of methoxy groups -OCH3 is 2. The quantitative estimate of drug-likeness (QED) is 0.498. The highest BCUT2D eigenvalue weighted by atomic mass is 32.1. The molecule has 3 rings (SSSR count). The van der Waals surface area contributed by atoms with E-state index in [1.54, 1.807) is 20.3 Å². The van der Waals surface area contributed by atoms with Crippen molar-refractivity contribution in [2.45, 2.75) is 26.7 Å². The molecule has 0 radical (unpaired) electrons. The first-order valence-corrected chi connectivity index (χ1v) is 10.3. The lowest BCUT2D eigenvalue weighted by atomic mass is 10.1. The number of benzene rings is 2. The number of fused-ring (bicyclic) bond motifs is 1. The van der Waals surface area contributed by atoms with Gasteiger partial charge in [0.05, 0.1) is 19.7 Å². The lowest BCUT2D eigenvalue weighted by Crippen LogP contribution is -2.31. The molecule has 0 saturated carbocycles. The Hall–Kier alpha value is -3.06. The fraction of sp³-hybridized carbons (Fsp3) is 0.304. The minimum absolute atomic E-state index is 0.151. The second-order valence-electron chi connectivity index (χ2n) is 6.98. The van der Waals surface area contributed by atoms with E-state index in [4.69, 9.17) is 21.7 Å². The Morgan fingerprint density at radius 3 is 2.53 bits per heavy atom. The van der Waals surface area contributed by atoms with Gasteiger partial charge in [0.2, 0.25) is 0 Å². The maximum absolute atomic E-state index is 12.6. The number of ether oxygens (including phenoxy) is 2. The van der Waals surface area contributed by atoms with Crippen LogP contribution in [-0.4, -0.2) is 30.9 Å². The van der Waals surface area contributed by atoms with Crippen LogP contribution < -0.4 is 25.7 Å². The number of aromatic nitrogens is 1. The van der Waals surface area contributed by atoms with Crippen LogP contribution in [0.1, 0.15) is 23.6 Å². The van der Waals surface area contributed by atoms with Crippen molar-refractivity contribution in [1.82, 2.24) is 10.3 Å². The van der Waals surface area contributed by atoms with Gasteiger partial charge in [-0.05, 0) is 61.3 Å². The van der Waals surface area contributed by atoms with Crippen molar-refractivity contribution in [1.29, 1.82) is 0 Å². The summed E-state index contributed by atoms with van der Waals surface area (Å²) in [5, 5.41) is 7.83. The summed E-state index contributed by atoms with van der Waals surface area (Å²) in [6, 6.07) is 11.6. The molecule has 6 nitrogen and oxygen atoms in total. The third-order valence-corrected chi connectivity index (χ3v) is 5.36. The zero-order chi connectivity index (χ0) is 21.7. The average Bonchev–Trinajstić information content (AvgIpc) is 2.74. The first-order valence-electron chi connectivity index (χ1n) is 9.88. The third kappa shape index (κ3) is 4.57. The number of thiocarbonyl (C=S) groups is 1. The lowest BCUT2D eigenvalue weighted by molar-refractivity contribution is 0.409. The number of H-pyrrole nitrogens is 1. The summed E-state index contributed by atoms with van der Waals surface area (Å²) in [5.41, 5.74) is 4.52. The normalized spacial score (nSPS) is 10.7. The van der Waals surface area contributed by atoms with Crippen LogP contribution in [0.3, 0.4) is 0 Å². The van der Waals surface area contributed by atoms with Crippen molar-refractivity contribution in [3.8, 4) is 11.5 Å². The zero-order valence-corrected chi connectivity index (χ0v) is 18.5. The number of para-hydroxylation sites is 1. The fourth-order valence-electron chi connectivity index (χ4n) is 3.49. The molecule has 0 spiro atoms. The molecule has 1 aromatic heterocycles. The smallest absolute Gasteiger partial charge is 0.251 e. The monoisotopic (exact) mass is 425 g/mol. The topological polar surface area (TPSA) is 75.4 Å². The van der Waals surface area contributed by atoms with Gasteiger partial charge in [-0.2, -0.15) is 0 Å².